The van der Waals surface area contributed by atoms with E-state index in [1.165, 1.54) is 28.6 Å². The molecule has 8 heteroatoms. The Morgan fingerprint density at radius 2 is 2.10 bits per heavy atom. The second-order valence-electron chi connectivity index (χ2n) is 7.45. The van der Waals surface area contributed by atoms with Crippen LogP contribution in [0.2, 0.25) is 0 Å². The Bertz CT molecular complexity index is 1150. The van der Waals surface area contributed by atoms with E-state index in [-0.39, 0.29) is 24.1 Å². The van der Waals surface area contributed by atoms with Crippen molar-refractivity contribution in [2.75, 3.05) is 18.0 Å². The van der Waals surface area contributed by atoms with Crippen LogP contribution in [0, 0.1) is 36.9 Å². The molecule has 30 heavy (non-hydrogen) atoms. The van der Waals surface area contributed by atoms with Crippen molar-refractivity contribution in [2.45, 2.75) is 33.3 Å². The molecule has 1 aliphatic heterocycles. The molecule has 6 nitrogen and oxygen atoms in total. The zero-order valence-corrected chi connectivity index (χ0v) is 17.6. The molecule has 1 aliphatic rings. The largest absolute Gasteiger partial charge is 0.460 e. The first-order valence-electron chi connectivity index (χ1n) is 9.78. The van der Waals surface area contributed by atoms with Gasteiger partial charge in [-0.05, 0) is 50.5 Å². The number of carbonyl (C=O) groups is 1. The molecule has 1 aromatic carbocycles. The number of hydrogen-bond acceptors (Lipinski definition) is 7. The molecule has 0 N–H and O–H groups in total. The normalized spacial score (nSPS) is 14.7. The van der Waals surface area contributed by atoms with Gasteiger partial charge < -0.3 is 9.64 Å². The van der Waals surface area contributed by atoms with Crippen LogP contribution in [0.25, 0.3) is 10.2 Å². The van der Waals surface area contributed by atoms with E-state index in [1.54, 1.807) is 17.7 Å². The van der Waals surface area contributed by atoms with Crippen LogP contribution < -0.4 is 4.90 Å². The third kappa shape index (κ3) is 3.85. The lowest BCUT2D eigenvalue weighted by Crippen LogP contribution is -2.37. The number of ether oxygens (including phenoxy) is 1. The highest BCUT2D eigenvalue weighted by atomic mass is 32.1. The topological polar surface area (TPSA) is 79.1 Å². The summed E-state index contributed by atoms with van der Waals surface area (Å²) in [5.74, 6) is -0.118. The summed E-state index contributed by atoms with van der Waals surface area (Å²) < 4.78 is 19.2. The van der Waals surface area contributed by atoms with Crippen molar-refractivity contribution in [2.24, 2.45) is 5.92 Å². The number of piperidine rings is 1. The molecule has 4 rings (SSSR count). The Morgan fingerprint density at radius 1 is 1.33 bits per heavy atom. The number of carbonyl (C=O) groups excluding carboxylic acids is 1. The van der Waals surface area contributed by atoms with Gasteiger partial charge in [0.2, 0.25) is 0 Å². The first-order chi connectivity index (χ1) is 14.5. The molecule has 3 heterocycles. The van der Waals surface area contributed by atoms with Crippen molar-refractivity contribution in [3.63, 3.8) is 0 Å². The van der Waals surface area contributed by atoms with Crippen LogP contribution in [-0.4, -0.2) is 29.0 Å². The third-order valence-electron chi connectivity index (χ3n) is 5.62. The highest BCUT2D eigenvalue weighted by Gasteiger charge is 2.28. The molecule has 3 aromatic rings. The van der Waals surface area contributed by atoms with E-state index in [2.05, 4.69) is 28.7 Å². The summed E-state index contributed by atoms with van der Waals surface area (Å²) in [6, 6.07) is 5.99. The Kier molecular flexibility index (Phi) is 5.64. The number of aromatic nitrogens is 2. The van der Waals surface area contributed by atoms with E-state index in [0.717, 1.165) is 16.0 Å². The van der Waals surface area contributed by atoms with Gasteiger partial charge in [0.15, 0.2) is 0 Å². The summed E-state index contributed by atoms with van der Waals surface area (Å²) >= 11 is 1.67. The van der Waals surface area contributed by atoms with E-state index >= 15 is 0 Å². The van der Waals surface area contributed by atoms with Crippen LogP contribution in [0.5, 0.6) is 0 Å². The lowest BCUT2D eigenvalue weighted by atomic mass is 9.96. The second-order valence-corrected chi connectivity index (χ2v) is 8.65. The summed E-state index contributed by atoms with van der Waals surface area (Å²) in [6.07, 6.45) is 2.89. The molecule has 0 atom stereocenters. The summed E-state index contributed by atoms with van der Waals surface area (Å²) in [4.78, 5) is 25.8. The number of thiophene rings is 1. The fraction of sp³-hybridized carbons (Fsp3) is 0.364. The molecule has 0 bridgehead atoms. The van der Waals surface area contributed by atoms with Gasteiger partial charge in [-0.2, -0.15) is 5.26 Å². The molecule has 2 aromatic heterocycles. The SMILES string of the molecule is Cc1sc2ncnc(N3CCC(C(=O)OCc4cc(C#N)ccc4F)CC3)c2c1C. The Balaban J connectivity index is 1.39. The summed E-state index contributed by atoms with van der Waals surface area (Å²) in [7, 11) is 0. The van der Waals surface area contributed by atoms with Crippen molar-refractivity contribution in [1.29, 1.82) is 5.26 Å². The monoisotopic (exact) mass is 424 g/mol. The fourth-order valence-electron chi connectivity index (χ4n) is 3.75. The molecule has 0 radical (unpaired) electrons. The molecule has 0 amide bonds. The Hall–Kier alpha value is -3.05. The number of rotatable bonds is 4. The number of halogens is 1. The lowest BCUT2D eigenvalue weighted by Gasteiger charge is -2.32. The number of benzene rings is 1. The molecule has 1 fully saturated rings. The standard InChI is InChI=1S/C22H21FN4O2S/c1-13-14(2)30-21-19(13)20(25-12-26-21)27-7-5-16(6-8-27)22(28)29-11-17-9-15(10-24)3-4-18(17)23/h3-4,9,12,16H,5-8,11H2,1-2H3. The number of anilines is 1. The van der Waals surface area contributed by atoms with Gasteiger partial charge in [0.05, 0.1) is 22.9 Å². The molecule has 154 valence electrons. The first kappa shape index (κ1) is 20.2. The number of esters is 1. The average Bonchev–Trinajstić information content (AvgIpc) is 3.07. The number of nitrogens with zero attached hydrogens (tertiary/aromatic N) is 4. The molecule has 0 spiro atoms. The van der Waals surface area contributed by atoms with Crippen LogP contribution in [-0.2, 0) is 16.1 Å². The van der Waals surface area contributed by atoms with Gasteiger partial charge in [-0.1, -0.05) is 0 Å². The van der Waals surface area contributed by atoms with Gasteiger partial charge in [0.25, 0.3) is 0 Å². The summed E-state index contributed by atoms with van der Waals surface area (Å²) in [5.41, 5.74) is 1.76. The van der Waals surface area contributed by atoms with Crippen LogP contribution in [0.3, 0.4) is 0 Å². The molecule has 1 saturated heterocycles. The van der Waals surface area contributed by atoms with Gasteiger partial charge in [0, 0.05) is 23.5 Å². The van der Waals surface area contributed by atoms with E-state index < -0.39 is 5.82 Å². The van der Waals surface area contributed by atoms with Crippen LogP contribution in [0.15, 0.2) is 24.5 Å². The summed E-state index contributed by atoms with van der Waals surface area (Å²) in [6.45, 7) is 5.39. The Morgan fingerprint density at radius 3 is 2.83 bits per heavy atom. The maximum Gasteiger partial charge on any atom is 0.309 e. The molecular weight excluding hydrogens is 403 g/mol. The van der Waals surface area contributed by atoms with Crippen LogP contribution in [0.4, 0.5) is 10.2 Å². The van der Waals surface area contributed by atoms with Crippen molar-refractivity contribution in [3.05, 3.63) is 51.9 Å². The van der Waals surface area contributed by atoms with E-state index in [4.69, 9.17) is 10.00 Å². The number of hydrogen-bond donors (Lipinski definition) is 0. The van der Waals surface area contributed by atoms with Crippen LogP contribution in [0.1, 0.15) is 34.4 Å². The smallest absolute Gasteiger partial charge is 0.309 e. The average molecular weight is 425 g/mol. The van der Waals surface area contributed by atoms with Gasteiger partial charge in [-0.3, -0.25) is 4.79 Å². The minimum absolute atomic E-state index is 0.166. The van der Waals surface area contributed by atoms with Gasteiger partial charge in [-0.25, -0.2) is 14.4 Å². The molecular formula is C22H21FN4O2S. The van der Waals surface area contributed by atoms with E-state index in [1.807, 2.05) is 6.07 Å². The van der Waals surface area contributed by atoms with Crippen molar-refractivity contribution >= 4 is 33.3 Å². The fourth-order valence-corrected chi connectivity index (χ4v) is 4.74. The van der Waals surface area contributed by atoms with Crippen molar-refractivity contribution < 1.29 is 13.9 Å². The Labute approximate surface area is 177 Å². The first-order valence-corrected chi connectivity index (χ1v) is 10.6. The minimum atomic E-state index is -0.481. The highest BCUT2D eigenvalue weighted by Crippen LogP contribution is 2.35. The van der Waals surface area contributed by atoms with Gasteiger partial charge in [0.1, 0.15) is 29.4 Å². The number of aryl methyl sites for hydroxylation is 2. The lowest BCUT2D eigenvalue weighted by molar-refractivity contribution is -0.150. The predicted molar refractivity (Wildman–Crippen MR) is 113 cm³/mol. The maximum absolute atomic E-state index is 13.9. The minimum Gasteiger partial charge on any atom is -0.460 e. The van der Waals surface area contributed by atoms with Gasteiger partial charge in [-0.15, -0.1) is 11.3 Å². The zero-order chi connectivity index (χ0) is 21.3. The maximum atomic E-state index is 13.9. The quantitative estimate of drug-likeness (QED) is 0.582. The van der Waals surface area contributed by atoms with Gasteiger partial charge >= 0.3 is 5.97 Å². The number of nitriles is 1. The van der Waals surface area contributed by atoms with E-state index in [9.17, 15) is 9.18 Å². The zero-order valence-electron chi connectivity index (χ0n) is 16.8. The molecule has 0 unspecified atom stereocenters. The molecule has 0 saturated carbocycles. The highest BCUT2D eigenvalue weighted by molar-refractivity contribution is 7.18. The van der Waals surface area contributed by atoms with E-state index in [0.29, 0.717) is 31.5 Å². The van der Waals surface area contributed by atoms with Crippen molar-refractivity contribution in [1.82, 2.24) is 9.97 Å². The third-order valence-corrected chi connectivity index (χ3v) is 6.73. The van der Waals surface area contributed by atoms with Crippen molar-refractivity contribution in [3.8, 4) is 6.07 Å². The summed E-state index contributed by atoms with van der Waals surface area (Å²) in [5, 5.41) is 10.0. The molecule has 0 aliphatic carbocycles. The number of fused-ring (bicyclic) bond motifs is 1. The predicted octanol–water partition coefficient (Wildman–Crippen LogP) is 4.28. The van der Waals surface area contributed by atoms with Crippen LogP contribution >= 0.6 is 11.3 Å². The second kappa shape index (κ2) is 8.36.